The molecule has 0 aliphatic carbocycles. The van der Waals surface area contributed by atoms with Crippen LogP contribution < -0.4 is 4.74 Å². The Bertz CT molecular complexity index is 834. The van der Waals surface area contributed by atoms with E-state index in [2.05, 4.69) is 0 Å². The van der Waals surface area contributed by atoms with Crippen LogP contribution in [0.15, 0.2) is 18.2 Å². The molecule has 2 fully saturated rings. The van der Waals surface area contributed by atoms with E-state index in [0.717, 1.165) is 12.8 Å². The predicted molar refractivity (Wildman–Crippen MR) is 96.7 cm³/mol. The number of benzene rings is 1. The lowest BCUT2D eigenvalue weighted by molar-refractivity contribution is -0.385. The summed E-state index contributed by atoms with van der Waals surface area (Å²) < 4.78 is 34.4. The fourth-order valence-corrected chi connectivity index (χ4v) is 5.29. The van der Waals surface area contributed by atoms with E-state index in [1.54, 1.807) is 0 Å². The summed E-state index contributed by atoms with van der Waals surface area (Å²) in [7, 11) is -1.87. The van der Waals surface area contributed by atoms with Gasteiger partial charge in [-0.25, -0.2) is 8.42 Å². The highest BCUT2D eigenvalue weighted by Gasteiger charge is 2.37. The van der Waals surface area contributed by atoms with Gasteiger partial charge >= 0.3 is 5.69 Å². The number of amides is 1. The molecular weight excluding hydrogens is 376 g/mol. The van der Waals surface area contributed by atoms with E-state index in [4.69, 9.17) is 9.47 Å². The summed E-state index contributed by atoms with van der Waals surface area (Å²) in [5, 5.41) is 11.2. The number of hydrogen-bond acceptors (Lipinski definition) is 7. The SMILES string of the molecule is COc1ccc(C(=O)N(C[C@@H]2CCCO2)[C@H]2CCS(=O)(=O)C2)cc1[N+](=O)[O-]. The Morgan fingerprint density at radius 1 is 1.41 bits per heavy atom. The summed E-state index contributed by atoms with van der Waals surface area (Å²) in [6.07, 6.45) is 1.90. The van der Waals surface area contributed by atoms with Crippen molar-refractivity contribution in [3.8, 4) is 5.75 Å². The maximum absolute atomic E-state index is 13.1. The second-order valence-electron chi connectivity index (χ2n) is 6.79. The Kier molecular flexibility index (Phi) is 5.66. The molecule has 0 saturated carbocycles. The topological polar surface area (TPSA) is 116 Å². The lowest BCUT2D eigenvalue weighted by Crippen LogP contribution is -2.45. The number of ether oxygens (including phenoxy) is 2. The third-order valence-corrected chi connectivity index (χ3v) is 6.71. The smallest absolute Gasteiger partial charge is 0.311 e. The molecule has 0 spiro atoms. The minimum Gasteiger partial charge on any atom is -0.490 e. The molecule has 0 bridgehead atoms. The lowest BCUT2D eigenvalue weighted by Gasteiger charge is -2.30. The lowest BCUT2D eigenvalue weighted by atomic mass is 10.1. The Labute approximate surface area is 157 Å². The van der Waals surface area contributed by atoms with Gasteiger partial charge in [0.15, 0.2) is 15.6 Å². The molecule has 0 N–H and O–H groups in total. The van der Waals surface area contributed by atoms with Crippen molar-refractivity contribution in [2.75, 3.05) is 31.8 Å². The van der Waals surface area contributed by atoms with Crippen LogP contribution in [0.5, 0.6) is 5.75 Å². The molecule has 3 rings (SSSR count). The average Bonchev–Trinajstić information content (AvgIpc) is 3.27. The van der Waals surface area contributed by atoms with Crippen molar-refractivity contribution in [1.29, 1.82) is 0 Å². The molecule has 148 valence electrons. The van der Waals surface area contributed by atoms with Crippen LogP contribution in [0.2, 0.25) is 0 Å². The largest absolute Gasteiger partial charge is 0.490 e. The molecule has 2 heterocycles. The first kappa shape index (κ1) is 19.6. The minimum absolute atomic E-state index is 0.0374. The van der Waals surface area contributed by atoms with Gasteiger partial charge in [-0.15, -0.1) is 0 Å². The molecule has 9 nitrogen and oxygen atoms in total. The molecule has 2 aliphatic heterocycles. The number of carbonyl (C=O) groups excluding carboxylic acids is 1. The predicted octanol–water partition coefficient (Wildman–Crippen LogP) is 1.41. The summed E-state index contributed by atoms with van der Waals surface area (Å²) in [6.45, 7) is 0.891. The molecule has 0 radical (unpaired) electrons. The molecule has 0 unspecified atom stereocenters. The highest BCUT2D eigenvalue weighted by molar-refractivity contribution is 7.91. The van der Waals surface area contributed by atoms with Crippen molar-refractivity contribution in [2.45, 2.75) is 31.4 Å². The zero-order valence-electron chi connectivity index (χ0n) is 15.0. The number of sulfone groups is 1. The molecule has 10 heteroatoms. The highest BCUT2D eigenvalue weighted by atomic mass is 32.2. The normalized spacial score (nSPS) is 23.9. The third kappa shape index (κ3) is 4.38. The van der Waals surface area contributed by atoms with Gasteiger partial charge in [-0.2, -0.15) is 0 Å². The molecule has 2 aliphatic rings. The van der Waals surface area contributed by atoms with E-state index < -0.39 is 26.7 Å². The van der Waals surface area contributed by atoms with Gasteiger partial charge in [-0.3, -0.25) is 14.9 Å². The first-order chi connectivity index (χ1) is 12.8. The fourth-order valence-electron chi connectivity index (χ4n) is 3.56. The number of nitrogens with zero attached hydrogens (tertiary/aromatic N) is 2. The quantitative estimate of drug-likeness (QED) is 0.525. The van der Waals surface area contributed by atoms with Gasteiger partial charge < -0.3 is 14.4 Å². The van der Waals surface area contributed by atoms with Crippen molar-refractivity contribution < 1.29 is 27.6 Å². The van der Waals surface area contributed by atoms with Gasteiger partial charge in [0.1, 0.15) is 0 Å². The van der Waals surface area contributed by atoms with Gasteiger partial charge in [0.25, 0.3) is 5.91 Å². The van der Waals surface area contributed by atoms with E-state index in [-0.39, 0.29) is 41.2 Å². The number of rotatable bonds is 6. The van der Waals surface area contributed by atoms with Crippen molar-refractivity contribution >= 4 is 21.4 Å². The van der Waals surface area contributed by atoms with Crippen LogP contribution >= 0.6 is 0 Å². The third-order valence-electron chi connectivity index (χ3n) is 4.96. The summed E-state index contributed by atoms with van der Waals surface area (Å²) in [4.78, 5) is 25.3. The van der Waals surface area contributed by atoms with Gasteiger partial charge in [-0.05, 0) is 31.4 Å². The summed E-state index contributed by atoms with van der Waals surface area (Å²) in [5.41, 5.74) is -0.177. The molecule has 2 saturated heterocycles. The highest BCUT2D eigenvalue weighted by Crippen LogP contribution is 2.29. The summed E-state index contributed by atoms with van der Waals surface area (Å²) in [6, 6.07) is 3.56. The number of hydrogen-bond donors (Lipinski definition) is 0. The van der Waals surface area contributed by atoms with Crippen LogP contribution in [0.25, 0.3) is 0 Å². The molecular formula is C17H22N2O7S. The van der Waals surface area contributed by atoms with E-state index in [1.165, 1.54) is 30.2 Å². The van der Waals surface area contributed by atoms with Crippen LogP contribution in [-0.4, -0.2) is 68.1 Å². The maximum atomic E-state index is 13.1. The van der Waals surface area contributed by atoms with Gasteiger partial charge in [0.05, 0.1) is 29.6 Å². The number of methoxy groups -OCH3 is 1. The Balaban J connectivity index is 1.90. The van der Waals surface area contributed by atoms with Gasteiger partial charge in [0.2, 0.25) is 0 Å². The standard InChI is InChI=1S/C17H22N2O7S/c1-25-16-5-4-12(9-15(16)19(21)22)17(20)18(10-14-3-2-7-26-14)13-6-8-27(23,24)11-13/h4-5,9,13-14H,2-3,6-8,10-11H2,1H3/t13-,14-/m0/s1. The van der Waals surface area contributed by atoms with Crippen molar-refractivity contribution in [3.63, 3.8) is 0 Å². The minimum atomic E-state index is -3.19. The Morgan fingerprint density at radius 3 is 2.74 bits per heavy atom. The second kappa shape index (κ2) is 7.81. The van der Waals surface area contributed by atoms with Crippen LogP contribution in [0.1, 0.15) is 29.6 Å². The zero-order valence-corrected chi connectivity index (χ0v) is 15.8. The van der Waals surface area contributed by atoms with Crippen LogP contribution in [0.4, 0.5) is 5.69 Å². The fraction of sp³-hybridized carbons (Fsp3) is 0.588. The molecule has 1 aromatic carbocycles. The van der Waals surface area contributed by atoms with E-state index >= 15 is 0 Å². The summed E-state index contributed by atoms with van der Waals surface area (Å²) in [5.74, 6) is -0.427. The Hall–Kier alpha value is -2.20. The first-order valence-electron chi connectivity index (χ1n) is 8.76. The average molecular weight is 398 g/mol. The van der Waals surface area contributed by atoms with Crippen LogP contribution in [0.3, 0.4) is 0 Å². The molecule has 27 heavy (non-hydrogen) atoms. The van der Waals surface area contributed by atoms with E-state index in [1.807, 2.05) is 0 Å². The monoisotopic (exact) mass is 398 g/mol. The molecule has 1 aromatic rings. The van der Waals surface area contributed by atoms with Crippen LogP contribution in [0, 0.1) is 10.1 Å². The van der Waals surface area contributed by atoms with Crippen molar-refractivity contribution in [2.24, 2.45) is 0 Å². The number of nitro benzene ring substituents is 1. The maximum Gasteiger partial charge on any atom is 0.311 e. The Morgan fingerprint density at radius 2 is 2.19 bits per heavy atom. The van der Waals surface area contributed by atoms with Crippen molar-refractivity contribution in [1.82, 2.24) is 4.90 Å². The van der Waals surface area contributed by atoms with Crippen molar-refractivity contribution in [3.05, 3.63) is 33.9 Å². The summed E-state index contributed by atoms with van der Waals surface area (Å²) >= 11 is 0. The van der Waals surface area contributed by atoms with Gasteiger partial charge in [-0.1, -0.05) is 0 Å². The second-order valence-corrected chi connectivity index (χ2v) is 9.02. The zero-order chi connectivity index (χ0) is 19.6. The van der Waals surface area contributed by atoms with Crippen LogP contribution in [-0.2, 0) is 14.6 Å². The van der Waals surface area contributed by atoms with Gasteiger partial charge in [0, 0.05) is 30.8 Å². The van der Waals surface area contributed by atoms with E-state index in [9.17, 15) is 23.3 Å². The molecule has 1 amide bonds. The molecule has 0 aromatic heterocycles. The number of nitro groups is 1. The number of carbonyl (C=O) groups is 1. The molecule has 2 atom stereocenters. The first-order valence-corrected chi connectivity index (χ1v) is 10.6. The van der Waals surface area contributed by atoms with E-state index in [0.29, 0.717) is 13.0 Å².